The van der Waals surface area contributed by atoms with Crippen molar-refractivity contribution >= 4 is 22.4 Å². The molecule has 0 fully saturated rings. The Hall–Kier alpha value is -4.13. The molecule has 3 aromatic carbocycles. The summed E-state index contributed by atoms with van der Waals surface area (Å²) in [6.45, 7) is 1.87. The first-order chi connectivity index (χ1) is 15.9. The van der Waals surface area contributed by atoms with Gasteiger partial charge in [0.15, 0.2) is 11.5 Å². The molecule has 7 nitrogen and oxygen atoms in total. The van der Waals surface area contributed by atoms with Crippen LogP contribution in [0.2, 0.25) is 0 Å². The van der Waals surface area contributed by atoms with Crippen LogP contribution in [-0.4, -0.2) is 39.2 Å². The van der Waals surface area contributed by atoms with Crippen molar-refractivity contribution in [2.24, 2.45) is 0 Å². The maximum absolute atomic E-state index is 13.8. The number of aromatic nitrogens is 1. The van der Waals surface area contributed by atoms with E-state index in [1.807, 2.05) is 31.2 Å². The van der Waals surface area contributed by atoms with Crippen LogP contribution in [0.25, 0.3) is 22.0 Å². The first kappa shape index (κ1) is 22.1. The summed E-state index contributed by atoms with van der Waals surface area (Å²) in [5.41, 5.74) is 10.6. The Balaban J connectivity index is 1.99. The van der Waals surface area contributed by atoms with Gasteiger partial charge in [-0.2, -0.15) is 0 Å². The normalized spacial score (nSPS) is 10.8. The summed E-state index contributed by atoms with van der Waals surface area (Å²) in [4.78, 5) is 17.1. The second-order valence-electron chi connectivity index (χ2n) is 7.57. The van der Waals surface area contributed by atoms with Crippen molar-refractivity contribution in [3.63, 3.8) is 0 Å². The minimum atomic E-state index is -0.193. The second kappa shape index (κ2) is 8.78. The molecule has 4 rings (SSSR count). The fraction of sp³-hybridized carbons (Fsp3) is 0.192. The van der Waals surface area contributed by atoms with E-state index < -0.39 is 0 Å². The largest absolute Gasteiger partial charge is 0.496 e. The van der Waals surface area contributed by atoms with Crippen LogP contribution in [0.15, 0.2) is 48.5 Å². The van der Waals surface area contributed by atoms with Crippen molar-refractivity contribution < 1.29 is 23.7 Å². The molecule has 1 aromatic heterocycles. The Morgan fingerprint density at radius 3 is 2.21 bits per heavy atom. The number of carbonyl (C=O) groups is 1. The molecule has 0 radical (unpaired) electrons. The molecule has 0 unspecified atom stereocenters. The fourth-order valence-electron chi connectivity index (χ4n) is 4.16. The highest BCUT2D eigenvalue weighted by atomic mass is 16.5. The van der Waals surface area contributed by atoms with Gasteiger partial charge in [-0.1, -0.05) is 12.1 Å². The van der Waals surface area contributed by atoms with Crippen molar-refractivity contribution in [1.82, 2.24) is 4.98 Å². The highest BCUT2D eigenvalue weighted by molar-refractivity contribution is 6.18. The Labute approximate surface area is 192 Å². The highest BCUT2D eigenvalue weighted by Gasteiger charge is 2.25. The molecule has 0 atom stereocenters. The smallest absolute Gasteiger partial charge is 0.209 e. The molecule has 33 heavy (non-hydrogen) atoms. The summed E-state index contributed by atoms with van der Waals surface area (Å²) < 4.78 is 21.8. The molecule has 0 amide bonds. The number of aryl methyl sites for hydroxylation is 1. The molecule has 4 aromatic rings. The van der Waals surface area contributed by atoms with E-state index in [1.165, 1.54) is 0 Å². The number of nitrogens with one attached hydrogen (secondary N) is 1. The van der Waals surface area contributed by atoms with E-state index in [4.69, 9.17) is 24.7 Å². The number of ether oxygens (including phenoxy) is 4. The summed E-state index contributed by atoms with van der Waals surface area (Å²) in [5.74, 6) is 2.10. The monoisotopic (exact) mass is 446 g/mol. The topological polar surface area (TPSA) is 95.8 Å². The van der Waals surface area contributed by atoms with Crippen molar-refractivity contribution in [2.45, 2.75) is 6.92 Å². The lowest BCUT2D eigenvalue weighted by Crippen LogP contribution is -2.06. The van der Waals surface area contributed by atoms with Gasteiger partial charge in [-0.15, -0.1) is 0 Å². The molecule has 3 N–H and O–H groups in total. The summed E-state index contributed by atoms with van der Waals surface area (Å²) in [5, 5.41) is 0.796. The number of carbonyl (C=O) groups excluding carboxylic acids is 1. The summed E-state index contributed by atoms with van der Waals surface area (Å²) in [7, 11) is 6.29. The second-order valence-corrected chi connectivity index (χ2v) is 7.57. The Morgan fingerprint density at radius 2 is 1.58 bits per heavy atom. The quantitative estimate of drug-likeness (QED) is 0.307. The van der Waals surface area contributed by atoms with Crippen LogP contribution in [-0.2, 0) is 0 Å². The molecule has 0 saturated carbocycles. The predicted molar refractivity (Wildman–Crippen MR) is 129 cm³/mol. The van der Waals surface area contributed by atoms with Gasteiger partial charge >= 0.3 is 0 Å². The zero-order valence-corrected chi connectivity index (χ0v) is 19.2. The molecular formula is C26H26N2O5. The summed E-state index contributed by atoms with van der Waals surface area (Å²) >= 11 is 0. The van der Waals surface area contributed by atoms with Gasteiger partial charge in [0.1, 0.15) is 11.5 Å². The van der Waals surface area contributed by atoms with Crippen molar-refractivity contribution in [2.75, 3.05) is 34.2 Å². The number of fused-ring (bicyclic) bond motifs is 1. The molecule has 0 aliphatic heterocycles. The Morgan fingerprint density at radius 1 is 0.848 bits per heavy atom. The molecule has 0 bridgehead atoms. The van der Waals surface area contributed by atoms with E-state index in [0.717, 1.165) is 22.0 Å². The number of H-pyrrole nitrogens is 1. The van der Waals surface area contributed by atoms with Gasteiger partial charge in [0, 0.05) is 11.1 Å². The van der Waals surface area contributed by atoms with Crippen LogP contribution in [0.3, 0.4) is 0 Å². The number of methoxy groups -OCH3 is 4. The maximum atomic E-state index is 13.8. The van der Waals surface area contributed by atoms with E-state index in [9.17, 15) is 4.79 Å². The number of benzene rings is 3. The van der Waals surface area contributed by atoms with Gasteiger partial charge in [-0.25, -0.2) is 0 Å². The predicted octanol–water partition coefficient (Wildman–Crippen LogP) is 4.99. The van der Waals surface area contributed by atoms with E-state index in [-0.39, 0.29) is 5.78 Å². The molecular weight excluding hydrogens is 420 g/mol. The van der Waals surface area contributed by atoms with Crippen molar-refractivity contribution in [3.8, 4) is 34.1 Å². The minimum absolute atomic E-state index is 0.193. The van der Waals surface area contributed by atoms with Crippen LogP contribution < -0.4 is 24.7 Å². The molecule has 0 aliphatic rings. The van der Waals surface area contributed by atoms with E-state index in [1.54, 1.807) is 52.7 Å². The van der Waals surface area contributed by atoms with Crippen LogP contribution in [0.1, 0.15) is 21.6 Å². The Bertz CT molecular complexity index is 1360. The molecule has 0 aliphatic carbocycles. The number of rotatable bonds is 7. The summed E-state index contributed by atoms with van der Waals surface area (Å²) in [6.07, 6.45) is 0. The average Bonchev–Trinajstić information content (AvgIpc) is 3.22. The van der Waals surface area contributed by atoms with Gasteiger partial charge in [-0.3, -0.25) is 4.79 Å². The third-order valence-electron chi connectivity index (χ3n) is 5.68. The third-order valence-corrected chi connectivity index (χ3v) is 5.68. The average molecular weight is 447 g/mol. The SMILES string of the molecule is COc1ccc(-c2c(C(=O)c3cc(C)c(OC)c(OC)c3)[nH]c3cccc(OC)c23)cc1N. The minimum Gasteiger partial charge on any atom is -0.496 e. The summed E-state index contributed by atoms with van der Waals surface area (Å²) in [6, 6.07) is 14.6. The van der Waals surface area contributed by atoms with Crippen LogP contribution in [0.4, 0.5) is 5.69 Å². The zero-order chi connectivity index (χ0) is 23.7. The third kappa shape index (κ3) is 3.71. The highest BCUT2D eigenvalue weighted by Crippen LogP contribution is 2.41. The van der Waals surface area contributed by atoms with Gasteiger partial charge < -0.3 is 29.7 Å². The molecule has 0 saturated heterocycles. The van der Waals surface area contributed by atoms with E-state index in [0.29, 0.717) is 45.5 Å². The molecule has 170 valence electrons. The number of nitrogens with two attached hydrogens (primary N) is 1. The zero-order valence-electron chi connectivity index (χ0n) is 19.2. The molecule has 0 spiro atoms. The van der Waals surface area contributed by atoms with Crippen molar-refractivity contribution in [1.29, 1.82) is 0 Å². The number of hydrogen-bond donors (Lipinski definition) is 2. The first-order valence-electron chi connectivity index (χ1n) is 10.3. The lowest BCUT2D eigenvalue weighted by molar-refractivity contribution is 0.103. The van der Waals surface area contributed by atoms with Gasteiger partial charge in [0.25, 0.3) is 0 Å². The number of nitrogen functional groups attached to an aromatic ring is 1. The lowest BCUT2D eigenvalue weighted by Gasteiger charge is -2.13. The maximum Gasteiger partial charge on any atom is 0.209 e. The van der Waals surface area contributed by atoms with Crippen molar-refractivity contribution in [3.05, 3.63) is 65.4 Å². The number of anilines is 1. The fourth-order valence-corrected chi connectivity index (χ4v) is 4.16. The van der Waals surface area contributed by atoms with E-state index >= 15 is 0 Å². The molecule has 7 heteroatoms. The van der Waals surface area contributed by atoms with Gasteiger partial charge in [0.05, 0.1) is 50.7 Å². The number of aromatic amines is 1. The number of ketones is 1. The lowest BCUT2D eigenvalue weighted by atomic mass is 9.96. The Kier molecular flexibility index (Phi) is 5.87. The number of hydrogen-bond acceptors (Lipinski definition) is 6. The van der Waals surface area contributed by atoms with E-state index in [2.05, 4.69) is 4.98 Å². The first-order valence-corrected chi connectivity index (χ1v) is 10.3. The molecule has 1 heterocycles. The van der Waals surface area contributed by atoms with Gasteiger partial charge in [0.2, 0.25) is 5.78 Å². The standard InChI is InChI=1S/C26H26N2O5/c1-14-11-16(13-21(32-4)26(14)33-5)25(29)24-22(15-9-10-19(30-2)17(27)12-15)23-18(28-24)7-6-8-20(23)31-3/h6-13,28H,27H2,1-5H3. The van der Waals surface area contributed by atoms with Crippen LogP contribution in [0, 0.1) is 6.92 Å². The van der Waals surface area contributed by atoms with Crippen LogP contribution in [0.5, 0.6) is 23.0 Å². The van der Waals surface area contributed by atoms with Crippen LogP contribution >= 0.6 is 0 Å². The van der Waals surface area contributed by atoms with Gasteiger partial charge in [-0.05, 0) is 54.4 Å².